The number of nitrogens with zero attached hydrogens (tertiary/aromatic N) is 1. The molecule has 1 atom stereocenters. The number of nitrogens with two attached hydrogens (primary N) is 1. The Bertz CT molecular complexity index is 557. The molecule has 3 N–H and O–H groups in total. The highest BCUT2D eigenvalue weighted by Crippen LogP contribution is 2.22. The van der Waals surface area contributed by atoms with Gasteiger partial charge in [0.1, 0.15) is 10.7 Å². The number of thioether (sulfide) groups is 1. The molecule has 2 aromatic rings. The topological polar surface area (TPSA) is 68.0 Å². The van der Waals surface area contributed by atoms with E-state index in [0.717, 1.165) is 5.01 Å². The largest absolute Gasteiger partial charge is 0.350 e. The number of carbonyl (C=O) groups is 1. The molecule has 0 saturated carbocycles. The van der Waals surface area contributed by atoms with Crippen molar-refractivity contribution in [3.8, 4) is 0 Å². The molecule has 1 aromatic carbocycles. The molecule has 1 aromatic heterocycles. The van der Waals surface area contributed by atoms with Gasteiger partial charge >= 0.3 is 0 Å². The summed E-state index contributed by atoms with van der Waals surface area (Å²) in [5.74, 6) is -0.138. The van der Waals surface area contributed by atoms with Crippen LogP contribution in [0.25, 0.3) is 0 Å². The highest BCUT2D eigenvalue weighted by Gasteiger charge is 2.11. The second kappa shape index (κ2) is 7.42. The average Bonchev–Trinajstić information content (AvgIpc) is 2.95. The predicted molar refractivity (Wildman–Crippen MR) is 84.1 cm³/mol. The van der Waals surface area contributed by atoms with E-state index in [-0.39, 0.29) is 5.91 Å². The van der Waals surface area contributed by atoms with Gasteiger partial charge in [0, 0.05) is 28.6 Å². The lowest BCUT2D eigenvalue weighted by Gasteiger charge is -2.11. The average molecular weight is 307 g/mol. The van der Waals surface area contributed by atoms with Crippen LogP contribution in [0.3, 0.4) is 0 Å². The van der Waals surface area contributed by atoms with E-state index in [1.165, 1.54) is 16.2 Å². The lowest BCUT2D eigenvalue weighted by Crippen LogP contribution is -2.29. The summed E-state index contributed by atoms with van der Waals surface area (Å²) in [4.78, 5) is 17.3. The maximum absolute atomic E-state index is 11.9. The molecule has 6 heteroatoms. The minimum absolute atomic E-state index is 0.138. The standard InChI is InChI=1S/C14H17N3OS2/c1-10(20-11-5-3-2-4-6-11)8-16-14(18)12-9-19-13(7-15)17-12/h2-6,9-10H,7-8,15H2,1H3,(H,16,18). The minimum Gasteiger partial charge on any atom is -0.350 e. The molecule has 0 aliphatic rings. The maximum Gasteiger partial charge on any atom is 0.270 e. The van der Waals surface area contributed by atoms with E-state index < -0.39 is 0 Å². The van der Waals surface area contributed by atoms with Crippen LogP contribution in [0.4, 0.5) is 0 Å². The van der Waals surface area contributed by atoms with E-state index in [1.54, 1.807) is 17.1 Å². The Morgan fingerprint density at radius 1 is 1.45 bits per heavy atom. The Morgan fingerprint density at radius 2 is 2.20 bits per heavy atom. The zero-order valence-electron chi connectivity index (χ0n) is 11.2. The summed E-state index contributed by atoms with van der Waals surface area (Å²) in [7, 11) is 0. The van der Waals surface area contributed by atoms with E-state index in [0.29, 0.717) is 24.0 Å². The number of carbonyl (C=O) groups excluding carboxylic acids is 1. The highest BCUT2D eigenvalue weighted by atomic mass is 32.2. The highest BCUT2D eigenvalue weighted by molar-refractivity contribution is 8.00. The van der Waals surface area contributed by atoms with Crippen LogP contribution < -0.4 is 11.1 Å². The number of aromatic nitrogens is 1. The molecule has 20 heavy (non-hydrogen) atoms. The molecule has 0 bridgehead atoms. The van der Waals surface area contributed by atoms with E-state index in [1.807, 2.05) is 18.2 Å². The second-order valence-corrected chi connectivity index (χ2v) is 6.74. The van der Waals surface area contributed by atoms with Crippen LogP contribution in [0.15, 0.2) is 40.6 Å². The first kappa shape index (κ1) is 15.0. The molecule has 2 rings (SSSR count). The SMILES string of the molecule is CC(CNC(=O)c1csc(CN)n1)Sc1ccccc1. The molecular weight excluding hydrogens is 290 g/mol. The fraction of sp³-hybridized carbons (Fsp3) is 0.286. The van der Waals surface area contributed by atoms with E-state index in [9.17, 15) is 4.79 Å². The van der Waals surface area contributed by atoms with Crippen molar-refractivity contribution in [2.45, 2.75) is 23.6 Å². The Morgan fingerprint density at radius 3 is 2.85 bits per heavy atom. The first-order chi connectivity index (χ1) is 9.69. The van der Waals surface area contributed by atoms with E-state index >= 15 is 0 Å². The van der Waals surface area contributed by atoms with Gasteiger partial charge in [-0.15, -0.1) is 23.1 Å². The number of benzene rings is 1. The van der Waals surface area contributed by atoms with Crippen molar-refractivity contribution in [1.29, 1.82) is 0 Å². The maximum atomic E-state index is 11.9. The van der Waals surface area contributed by atoms with Crippen molar-refractivity contribution in [2.24, 2.45) is 5.73 Å². The number of nitrogens with one attached hydrogen (secondary N) is 1. The quantitative estimate of drug-likeness (QED) is 0.805. The van der Waals surface area contributed by atoms with Gasteiger partial charge in [0.25, 0.3) is 5.91 Å². The van der Waals surface area contributed by atoms with Crippen LogP contribution in [-0.4, -0.2) is 22.7 Å². The van der Waals surface area contributed by atoms with Crippen molar-refractivity contribution < 1.29 is 4.79 Å². The van der Waals surface area contributed by atoms with E-state index in [4.69, 9.17) is 5.73 Å². The first-order valence-corrected chi connectivity index (χ1v) is 8.09. The molecule has 0 aliphatic carbocycles. The summed E-state index contributed by atoms with van der Waals surface area (Å²) in [6.45, 7) is 3.07. The van der Waals surface area contributed by atoms with Gasteiger partial charge in [0.05, 0.1) is 0 Å². The molecular formula is C14H17N3OS2. The van der Waals surface area contributed by atoms with Crippen molar-refractivity contribution in [2.75, 3.05) is 6.54 Å². The molecule has 0 radical (unpaired) electrons. The summed E-state index contributed by atoms with van der Waals surface area (Å²) in [6, 6.07) is 10.1. The van der Waals surface area contributed by atoms with Crippen LogP contribution in [0.5, 0.6) is 0 Å². The number of hydrogen-bond acceptors (Lipinski definition) is 5. The molecule has 1 unspecified atom stereocenters. The van der Waals surface area contributed by atoms with Crippen LogP contribution >= 0.6 is 23.1 Å². The molecule has 106 valence electrons. The Hall–Kier alpha value is -1.37. The third-order valence-electron chi connectivity index (χ3n) is 2.59. The van der Waals surface area contributed by atoms with Gasteiger partial charge in [-0.2, -0.15) is 0 Å². The van der Waals surface area contributed by atoms with Gasteiger partial charge < -0.3 is 11.1 Å². The predicted octanol–water partition coefficient (Wildman–Crippen LogP) is 2.51. The van der Waals surface area contributed by atoms with Crippen LogP contribution in [0, 0.1) is 0 Å². The fourth-order valence-corrected chi connectivity index (χ4v) is 3.21. The minimum atomic E-state index is -0.138. The molecule has 0 saturated heterocycles. The van der Waals surface area contributed by atoms with Crippen LogP contribution in [0.2, 0.25) is 0 Å². The number of hydrogen-bond donors (Lipinski definition) is 2. The zero-order valence-corrected chi connectivity index (χ0v) is 12.8. The summed E-state index contributed by atoms with van der Waals surface area (Å²) < 4.78 is 0. The van der Waals surface area contributed by atoms with Crippen molar-refractivity contribution >= 4 is 29.0 Å². The number of thiazole rings is 1. The van der Waals surface area contributed by atoms with Gasteiger partial charge in [0.15, 0.2) is 0 Å². The van der Waals surface area contributed by atoms with Crippen LogP contribution in [-0.2, 0) is 6.54 Å². The van der Waals surface area contributed by atoms with Gasteiger partial charge in [-0.1, -0.05) is 25.1 Å². The lowest BCUT2D eigenvalue weighted by molar-refractivity contribution is 0.0949. The molecule has 0 aliphatic heterocycles. The van der Waals surface area contributed by atoms with Gasteiger partial charge in [-0.25, -0.2) is 4.98 Å². The molecule has 0 spiro atoms. The van der Waals surface area contributed by atoms with Gasteiger partial charge in [-0.3, -0.25) is 4.79 Å². The Labute approximate surface area is 126 Å². The Kier molecular flexibility index (Phi) is 5.58. The van der Waals surface area contributed by atoms with Gasteiger partial charge in [0.2, 0.25) is 0 Å². The van der Waals surface area contributed by atoms with Crippen molar-refractivity contribution in [3.63, 3.8) is 0 Å². The number of amides is 1. The molecule has 1 heterocycles. The summed E-state index contributed by atoms with van der Waals surface area (Å²) >= 11 is 3.15. The summed E-state index contributed by atoms with van der Waals surface area (Å²) in [5.41, 5.74) is 5.94. The van der Waals surface area contributed by atoms with Gasteiger partial charge in [-0.05, 0) is 12.1 Å². The zero-order chi connectivity index (χ0) is 14.4. The fourth-order valence-electron chi connectivity index (χ4n) is 1.61. The normalized spacial score (nSPS) is 12.1. The molecule has 1 amide bonds. The summed E-state index contributed by atoms with van der Waals surface area (Å²) in [6.07, 6.45) is 0. The third-order valence-corrected chi connectivity index (χ3v) is 4.57. The molecule has 0 fully saturated rings. The smallest absolute Gasteiger partial charge is 0.270 e. The van der Waals surface area contributed by atoms with Crippen LogP contribution in [0.1, 0.15) is 22.4 Å². The lowest BCUT2D eigenvalue weighted by atomic mass is 10.4. The van der Waals surface area contributed by atoms with Crippen molar-refractivity contribution in [1.82, 2.24) is 10.3 Å². The van der Waals surface area contributed by atoms with Crippen molar-refractivity contribution in [3.05, 3.63) is 46.4 Å². The third kappa shape index (κ3) is 4.33. The summed E-state index contributed by atoms with van der Waals surface area (Å²) in [5, 5.41) is 5.72. The Balaban J connectivity index is 1.81. The van der Waals surface area contributed by atoms with E-state index in [2.05, 4.69) is 29.4 Å². The monoisotopic (exact) mass is 307 g/mol. The second-order valence-electron chi connectivity index (χ2n) is 4.28. The number of rotatable bonds is 6. The molecule has 4 nitrogen and oxygen atoms in total. The first-order valence-electron chi connectivity index (χ1n) is 6.33.